The highest BCUT2D eigenvalue weighted by molar-refractivity contribution is 6.33. The first-order valence-corrected chi connectivity index (χ1v) is 5.62. The molecule has 16 heavy (non-hydrogen) atoms. The van der Waals surface area contributed by atoms with E-state index in [1.165, 1.54) is 16.7 Å². The van der Waals surface area contributed by atoms with Gasteiger partial charge >= 0.3 is 0 Å². The summed E-state index contributed by atoms with van der Waals surface area (Å²) in [4.78, 5) is 0. The Bertz CT molecular complexity index is 489. The molecule has 0 fully saturated rings. The Morgan fingerprint density at radius 2 is 1.62 bits per heavy atom. The van der Waals surface area contributed by atoms with E-state index < -0.39 is 0 Å². The number of nitrogen functional groups attached to an aromatic ring is 1. The van der Waals surface area contributed by atoms with Crippen LogP contribution in [-0.4, -0.2) is 0 Å². The summed E-state index contributed by atoms with van der Waals surface area (Å²) < 4.78 is 0. The summed E-state index contributed by atoms with van der Waals surface area (Å²) in [5.74, 6) is 0. The highest BCUT2D eigenvalue weighted by atomic mass is 35.5. The van der Waals surface area contributed by atoms with Crippen molar-refractivity contribution in [1.29, 1.82) is 0 Å². The minimum Gasteiger partial charge on any atom is -0.398 e. The highest BCUT2D eigenvalue weighted by Crippen LogP contribution is 2.21. The molecule has 0 atom stereocenters. The summed E-state index contributed by atoms with van der Waals surface area (Å²) in [7, 11) is 0. The number of benzene rings is 2. The Morgan fingerprint density at radius 1 is 1.00 bits per heavy atom. The first-order chi connectivity index (χ1) is 7.65. The molecule has 0 radical (unpaired) electrons. The van der Waals surface area contributed by atoms with E-state index in [1.807, 2.05) is 18.2 Å². The molecule has 2 aromatic rings. The van der Waals surface area contributed by atoms with Crippen molar-refractivity contribution in [2.75, 3.05) is 5.73 Å². The van der Waals surface area contributed by atoms with Crippen LogP contribution in [0.3, 0.4) is 0 Å². The van der Waals surface area contributed by atoms with Crippen molar-refractivity contribution in [3.8, 4) is 0 Å². The zero-order valence-electron chi connectivity index (χ0n) is 9.20. The van der Waals surface area contributed by atoms with Crippen molar-refractivity contribution < 1.29 is 0 Å². The lowest BCUT2D eigenvalue weighted by molar-refractivity contribution is 1.19. The normalized spacial score (nSPS) is 10.4. The van der Waals surface area contributed by atoms with Crippen LogP contribution in [0, 0.1) is 6.92 Å². The van der Waals surface area contributed by atoms with Crippen molar-refractivity contribution in [2.45, 2.75) is 13.3 Å². The summed E-state index contributed by atoms with van der Waals surface area (Å²) in [5, 5.41) is 0.629. The first kappa shape index (κ1) is 11.0. The smallest absolute Gasteiger partial charge is 0.0638 e. The largest absolute Gasteiger partial charge is 0.398 e. The van der Waals surface area contributed by atoms with Gasteiger partial charge in [-0.3, -0.25) is 0 Å². The second kappa shape index (κ2) is 4.58. The van der Waals surface area contributed by atoms with Gasteiger partial charge in [0.1, 0.15) is 0 Å². The molecule has 0 spiro atoms. The van der Waals surface area contributed by atoms with E-state index in [0.717, 1.165) is 6.42 Å². The molecule has 2 heteroatoms. The molecule has 0 aromatic heterocycles. The van der Waals surface area contributed by atoms with Crippen LogP contribution < -0.4 is 5.73 Å². The molecule has 82 valence electrons. The molecule has 0 amide bonds. The van der Waals surface area contributed by atoms with Crippen molar-refractivity contribution in [3.05, 3.63) is 64.2 Å². The van der Waals surface area contributed by atoms with Crippen LogP contribution in [0.1, 0.15) is 16.7 Å². The van der Waals surface area contributed by atoms with Gasteiger partial charge in [0.15, 0.2) is 0 Å². The molecular formula is C14H14ClN. The second-order valence-electron chi connectivity index (χ2n) is 4.02. The van der Waals surface area contributed by atoms with Gasteiger partial charge in [0, 0.05) is 0 Å². The third-order valence-electron chi connectivity index (χ3n) is 2.59. The number of anilines is 1. The van der Waals surface area contributed by atoms with Crippen LogP contribution in [0.5, 0.6) is 0 Å². The standard InChI is InChI=1S/C14H14ClN/c1-10-2-4-11(5-3-10)8-12-6-7-14(16)13(15)9-12/h2-7,9H,8,16H2,1H3. The fourth-order valence-electron chi connectivity index (χ4n) is 1.62. The van der Waals surface area contributed by atoms with E-state index in [-0.39, 0.29) is 0 Å². The summed E-state index contributed by atoms with van der Waals surface area (Å²) in [6, 6.07) is 14.3. The Kier molecular flexibility index (Phi) is 3.16. The van der Waals surface area contributed by atoms with E-state index in [0.29, 0.717) is 10.7 Å². The Hall–Kier alpha value is -1.47. The summed E-state index contributed by atoms with van der Waals surface area (Å²) in [6.07, 6.45) is 0.889. The quantitative estimate of drug-likeness (QED) is 0.782. The molecule has 0 bridgehead atoms. The van der Waals surface area contributed by atoms with Gasteiger partial charge in [0.2, 0.25) is 0 Å². The second-order valence-corrected chi connectivity index (χ2v) is 4.43. The number of hydrogen-bond acceptors (Lipinski definition) is 1. The molecule has 0 heterocycles. The lowest BCUT2D eigenvalue weighted by atomic mass is 10.0. The van der Waals surface area contributed by atoms with Crippen molar-refractivity contribution in [2.24, 2.45) is 0 Å². The summed E-state index contributed by atoms with van der Waals surface area (Å²) in [5.41, 5.74) is 10.0. The third-order valence-corrected chi connectivity index (χ3v) is 2.92. The number of hydrogen-bond donors (Lipinski definition) is 1. The molecule has 0 saturated carbocycles. The topological polar surface area (TPSA) is 26.0 Å². The van der Waals surface area contributed by atoms with Crippen molar-refractivity contribution >= 4 is 17.3 Å². The first-order valence-electron chi connectivity index (χ1n) is 5.24. The van der Waals surface area contributed by atoms with Crippen molar-refractivity contribution in [1.82, 2.24) is 0 Å². The maximum absolute atomic E-state index is 5.98. The molecule has 0 aliphatic heterocycles. The number of aryl methyl sites for hydroxylation is 1. The zero-order valence-corrected chi connectivity index (χ0v) is 9.96. The molecule has 0 saturated heterocycles. The molecular weight excluding hydrogens is 218 g/mol. The average Bonchev–Trinajstić information content (AvgIpc) is 2.27. The van der Waals surface area contributed by atoms with Gasteiger partial charge in [-0.15, -0.1) is 0 Å². The SMILES string of the molecule is Cc1ccc(Cc2ccc(N)c(Cl)c2)cc1. The monoisotopic (exact) mass is 231 g/mol. The highest BCUT2D eigenvalue weighted by Gasteiger charge is 2.00. The minimum absolute atomic E-state index is 0.629. The van der Waals surface area contributed by atoms with Gasteiger partial charge in [-0.2, -0.15) is 0 Å². The van der Waals surface area contributed by atoms with Gasteiger partial charge in [-0.1, -0.05) is 47.5 Å². The van der Waals surface area contributed by atoms with E-state index in [1.54, 1.807) is 0 Å². The van der Waals surface area contributed by atoms with E-state index in [9.17, 15) is 0 Å². The van der Waals surface area contributed by atoms with E-state index in [4.69, 9.17) is 17.3 Å². The number of nitrogens with two attached hydrogens (primary N) is 1. The van der Waals surface area contributed by atoms with Gasteiger partial charge in [-0.25, -0.2) is 0 Å². The Balaban J connectivity index is 2.20. The summed E-state index contributed by atoms with van der Waals surface area (Å²) in [6.45, 7) is 2.09. The molecule has 0 unspecified atom stereocenters. The van der Waals surface area contributed by atoms with Gasteiger partial charge < -0.3 is 5.73 Å². The Morgan fingerprint density at radius 3 is 2.25 bits per heavy atom. The molecule has 2 rings (SSSR count). The van der Waals surface area contributed by atoms with Crippen LogP contribution in [0.15, 0.2) is 42.5 Å². The minimum atomic E-state index is 0.629. The molecule has 1 nitrogen and oxygen atoms in total. The predicted molar refractivity (Wildman–Crippen MR) is 69.8 cm³/mol. The summed E-state index contributed by atoms with van der Waals surface area (Å²) >= 11 is 5.98. The van der Waals surface area contributed by atoms with Crippen LogP contribution in [-0.2, 0) is 6.42 Å². The van der Waals surface area contributed by atoms with Crippen LogP contribution in [0.2, 0.25) is 5.02 Å². The lowest BCUT2D eigenvalue weighted by Gasteiger charge is -2.04. The van der Waals surface area contributed by atoms with E-state index in [2.05, 4.69) is 31.2 Å². The fraction of sp³-hybridized carbons (Fsp3) is 0.143. The molecule has 2 aromatic carbocycles. The predicted octanol–water partition coefficient (Wildman–Crippen LogP) is 3.82. The maximum Gasteiger partial charge on any atom is 0.0638 e. The van der Waals surface area contributed by atoms with Gasteiger partial charge in [-0.05, 0) is 36.6 Å². The number of halogens is 1. The lowest BCUT2D eigenvalue weighted by Crippen LogP contribution is -1.91. The Labute approximate surface area is 101 Å². The average molecular weight is 232 g/mol. The van der Waals surface area contributed by atoms with Crippen LogP contribution >= 0.6 is 11.6 Å². The van der Waals surface area contributed by atoms with Crippen LogP contribution in [0.25, 0.3) is 0 Å². The molecule has 0 aliphatic rings. The third kappa shape index (κ3) is 2.56. The van der Waals surface area contributed by atoms with Gasteiger partial charge in [0.25, 0.3) is 0 Å². The molecule has 0 aliphatic carbocycles. The van der Waals surface area contributed by atoms with Gasteiger partial charge in [0.05, 0.1) is 10.7 Å². The maximum atomic E-state index is 5.98. The molecule has 2 N–H and O–H groups in total. The zero-order chi connectivity index (χ0) is 11.5. The van der Waals surface area contributed by atoms with Crippen LogP contribution in [0.4, 0.5) is 5.69 Å². The van der Waals surface area contributed by atoms with E-state index >= 15 is 0 Å². The fourth-order valence-corrected chi connectivity index (χ4v) is 1.83. The van der Waals surface area contributed by atoms with Crippen molar-refractivity contribution in [3.63, 3.8) is 0 Å². The number of rotatable bonds is 2.